The van der Waals surface area contributed by atoms with Gasteiger partial charge in [0.1, 0.15) is 11.4 Å². The fraction of sp³-hybridized carbons (Fsp3) is 0.292. The summed E-state index contributed by atoms with van der Waals surface area (Å²) in [6.45, 7) is 2.48. The molecule has 34 heavy (non-hydrogen) atoms. The van der Waals surface area contributed by atoms with Crippen LogP contribution in [0, 0.1) is 0 Å². The molecule has 2 unspecified atom stereocenters. The minimum atomic E-state index is -0.242. The molecule has 2 aliphatic heterocycles. The van der Waals surface area contributed by atoms with E-state index in [-0.39, 0.29) is 12.6 Å². The van der Waals surface area contributed by atoms with Crippen molar-refractivity contribution in [1.29, 1.82) is 0 Å². The molecule has 3 aromatic rings. The fourth-order valence-corrected chi connectivity index (χ4v) is 6.21. The number of benzene rings is 2. The highest BCUT2D eigenvalue weighted by atomic mass is 127. The van der Waals surface area contributed by atoms with Gasteiger partial charge in [-0.2, -0.15) is 4.98 Å². The Morgan fingerprint density at radius 1 is 1.15 bits per heavy atom. The lowest BCUT2D eigenvalue weighted by Gasteiger charge is -2.35. The van der Waals surface area contributed by atoms with Crippen LogP contribution in [0.2, 0.25) is 10.0 Å². The summed E-state index contributed by atoms with van der Waals surface area (Å²) in [6, 6.07) is 12.0. The van der Waals surface area contributed by atoms with Gasteiger partial charge < -0.3 is 10.2 Å². The number of nitrogens with zero attached hydrogens (tertiary/aromatic N) is 5. The second kappa shape index (κ2) is 9.14. The molecule has 1 amide bonds. The maximum atomic E-state index is 13.3. The quantitative estimate of drug-likeness (QED) is 0.210. The third kappa shape index (κ3) is 3.90. The third-order valence-electron chi connectivity index (χ3n) is 6.36. The van der Waals surface area contributed by atoms with Crippen LogP contribution >= 0.6 is 45.8 Å². The van der Waals surface area contributed by atoms with Gasteiger partial charge in [0.2, 0.25) is 5.95 Å². The molecule has 1 N–H and O–H groups in total. The number of carbonyl (C=O) groups is 1. The summed E-state index contributed by atoms with van der Waals surface area (Å²) in [7, 11) is 4.04. The summed E-state index contributed by atoms with van der Waals surface area (Å²) in [6.07, 6.45) is 2.62. The zero-order chi connectivity index (χ0) is 24.1. The van der Waals surface area contributed by atoms with E-state index >= 15 is 0 Å². The number of nitrogens with one attached hydrogen (secondary N) is 1. The number of hydrogen-bond donors (Lipinski definition) is 1. The molecule has 176 valence electrons. The van der Waals surface area contributed by atoms with Gasteiger partial charge in [0.05, 0.1) is 26.4 Å². The topological polar surface area (TPSA) is 64.6 Å². The van der Waals surface area contributed by atoms with Crippen LogP contribution in [0.25, 0.3) is 0 Å². The number of halogens is 3. The summed E-state index contributed by atoms with van der Waals surface area (Å²) < 4.78 is 0.315. The van der Waals surface area contributed by atoms with Crippen molar-refractivity contribution < 1.29 is 4.79 Å². The maximum Gasteiger partial charge on any atom is 0.265 e. The van der Waals surface area contributed by atoms with Gasteiger partial charge in [0, 0.05) is 25.0 Å². The van der Waals surface area contributed by atoms with Gasteiger partial charge in [-0.25, -0.2) is 4.98 Å². The predicted octanol–water partition coefficient (Wildman–Crippen LogP) is 6.41. The molecule has 7 nitrogen and oxygen atoms in total. The first-order chi connectivity index (χ1) is 16.3. The van der Waals surface area contributed by atoms with Crippen molar-refractivity contribution in [3.63, 3.8) is 0 Å². The van der Waals surface area contributed by atoms with E-state index in [0.717, 1.165) is 12.1 Å². The average Bonchev–Trinajstić information content (AvgIpc) is 3.06. The summed E-state index contributed by atoms with van der Waals surface area (Å²) in [5.41, 5.74) is 4.46. The summed E-state index contributed by atoms with van der Waals surface area (Å²) >= 11 is 15.2. The second-order valence-electron chi connectivity index (χ2n) is 8.47. The van der Waals surface area contributed by atoms with Gasteiger partial charge in [-0.05, 0) is 48.9 Å². The van der Waals surface area contributed by atoms with Crippen LogP contribution in [-0.4, -0.2) is 41.5 Å². The molecular formula is C24H23Cl2IN6O. The highest BCUT2D eigenvalue weighted by Crippen LogP contribution is 2.46. The first kappa shape index (κ1) is 23.6. The van der Waals surface area contributed by atoms with Crippen molar-refractivity contribution in [3.05, 3.63) is 69.3 Å². The van der Waals surface area contributed by atoms with E-state index in [9.17, 15) is 4.79 Å². The lowest BCUT2D eigenvalue weighted by Crippen LogP contribution is -2.46. The molecule has 0 saturated heterocycles. The number of anilines is 4. The van der Waals surface area contributed by atoms with E-state index in [4.69, 9.17) is 23.2 Å². The molecule has 0 bridgehead atoms. The van der Waals surface area contributed by atoms with E-state index in [2.05, 4.69) is 74.9 Å². The Balaban J connectivity index is 1.43. The Morgan fingerprint density at radius 2 is 1.88 bits per heavy atom. The largest absolute Gasteiger partial charge is 0.341 e. The molecule has 0 aliphatic carbocycles. The Kier molecular flexibility index (Phi) is 6.34. The SMILES string of the molecule is CCC1c2ccc(Nc3ncc4c(n3)N(C)CN(c3c(Cl)cccc3Cl)C4=O)cc2C(I)N1C. The Hall–Kier alpha value is -2.14. The van der Waals surface area contributed by atoms with Crippen LogP contribution in [0.4, 0.5) is 23.1 Å². The number of carbonyl (C=O) groups excluding carboxylic acids is 1. The van der Waals surface area contributed by atoms with Gasteiger partial charge in [-0.15, -0.1) is 0 Å². The van der Waals surface area contributed by atoms with Crippen molar-refractivity contribution in [2.24, 2.45) is 0 Å². The average molecular weight is 609 g/mol. The number of amides is 1. The molecule has 0 fully saturated rings. The van der Waals surface area contributed by atoms with Gasteiger partial charge in [0.25, 0.3) is 5.91 Å². The molecule has 1 aromatic heterocycles. The zero-order valence-corrected chi connectivity index (χ0v) is 22.6. The van der Waals surface area contributed by atoms with Crippen molar-refractivity contribution >= 4 is 74.8 Å². The Bertz CT molecular complexity index is 1270. The number of para-hydroxylation sites is 1. The van der Waals surface area contributed by atoms with Gasteiger partial charge in [-0.3, -0.25) is 14.6 Å². The number of hydrogen-bond acceptors (Lipinski definition) is 6. The highest BCUT2D eigenvalue weighted by molar-refractivity contribution is 14.1. The first-order valence-electron chi connectivity index (χ1n) is 10.9. The molecule has 3 heterocycles. The molecule has 10 heteroatoms. The van der Waals surface area contributed by atoms with E-state index in [1.54, 1.807) is 29.3 Å². The number of alkyl halides is 1. The van der Waals surface area contributed by atoms with Crippen LogP contribution in [-0.2, 0) is 0 Å². The van der Waals surface area contributed by atoms with E-state index in [1.807, 2.05) is 11.9 Å². The second-order valence-corrected chi connectivity index (χ2v) is 10.5. The molecule has 0 spiro atoms. The van der Waals surface area contributed by atoms with Crippen LogP contribution < -0.4 is 15.1 Å². The number of aromatic nitrogens is 2. The van der Waals surface area contributed by atoms with Gasteiger partial charge in [-0.1, -0.05) is 64.8 Å². The van der Waals surface area contributed by atoms with Crippen LogP contribution in [0.3, 0.4) is 0 Å². The summed E-state index contributed by atoms with van der Waals surface area (Å²) in [5, 5.41) is 4.14. The minimum Gasteiger partial charge on any atom is -0.341 e. The molecule has 2 aliphatic rings. The number of fused-ring (bicyclic) bond motifs is 2. The van der Waals surface area contributed by atoms with Crippen molar-refractivity contribution in [2.75, 3.05) is 35.9 Å². The lowest BCUT2D eigenvalue weighted by atomic mass is 10.0. The molecule has 0 radical (unpaired) electrons. The van der Waals surface area contributed by atoms with E-state index < -0.39 is 0 Å². The standard InChI is InChI=1S/C24H23Cl2IN6O/c1-4-19-14-9-8-13(10-15(14)21(27)32(19)3)29-24-28-11-16-22(30-24)31(2)12-33(23(16)34)20-17(25)6-5-7-18(20)26/h5-11,19,21H,4,12H2,1-3H3,(H,28,29,30). The third-order valence-corrected chi connectivity index (χ3v) is 8.52. The monoisotopic (exact) mass is 608 g/mol. The Morgan fingerprint density at radius 3 is 2.59 bits per heavy atom. The molecule has 2 atom stereocenters. The van der Waals surface area contributed by atoms with Crippen molar-refractivity contribution in [1.82, 2.24) is 14.9 Å². The van der Waals surface area contributed by atoms with Gasteiger partial charge in [0.15, 0.2) is 0 Å². The molecule has 0 saturated carbocycles. The normalized spacial score (nSPS) is 19.9. The maximum absolute atomic E-state index is 13.3. The molecule has 2 aromatic carbocycles. The van der Waals surface area contributed by atoms with Crippen molar-refractivity contribution in [3.8, 4) is 0 Å². The number of rotatable bonds is 4. The summed E-state index contributed by atoms with van der Waals surface area (Å²) in [5.74, 6) is 0.750. The lowest BCUT2D eigenvalue weighted by molar-refractivity contribution is 0.0982. The van der Waals surface area contributed by atoms with Crippen LogP contribution in [0.1, 0.15) is 44.9 Å². The van der Waals surface area contributed by atoms with Crippen LogP contribution in [0.5, 0.6) is 0 Å². The van der Waals surface area contributed by atoms with Crippen molar-refractivity contribution in [2.45, 2.75) is 23.4 Å². The predicted molar refractivity (Wildman–Crippen MR) is 146 cm³/mol. The van der Waals surface area contributed by atoms with Crippen LogP contribution in [0.15, 0.2) is 42.6 Å². The Labute approximate surface area is 222 Å². The van der Waals surface area contributed by atoms with E-state index in [1.165, 1.54) is 11.1 Å². The first-order valence-corrected chi connectivity index (χ1v) is 12.9. The highest BCUT2D eigenvalue weighted by Gasteiger charge is 2.34. The minimum absolute atomic E-state index is 0.242. The summed E-state index contributed by atoms with van der Waals surface area (Å²) in [4.78, 5) is 28.2. The zero-order valence-electron chi connectivity index (χ0n) is 18.9. The molecular weight excluding hydrogens is 586 g/mol. The van der Waals surface area contributed by atoms with Gasteiger partial charge >= 0.3 is 0 Å². The van der Waals surface area contributed by atoms with E-state index in [0.29, 0.717) is 43.2 Å². The smallest absolute Gasteiger partial charge is 0.265 e. The fourth-order valence-electron chi connectivity index (χ4n) is 4.68. The molecule has 5 rings (SSSR count).